The number of aryl methyl sites for hydroxylation is 2. The lowest BCUT2D eigenvalue weighted by atomic mass is 10.2. The Hall–Kier alpha value is -1.99. The van der Waals surface area contributed by atoms with Gasteiger partial charge in [0.25, 0.3) is 0 Å². The van der Waals surface area contributed by atoms with E-state index in [-0.39, 0.29) is 18.4 Å². The molecular formula is C18H19N3O2S2. The van der Waals surface area contributed by atoms with Crippen LogP contribution in [0.3, 0.4) is 0 Å². The van der Waals surface area contributed by atoms with Crippen molar-refractivity contribution in [2.45, 2.75) is 23.8 Å². The van der Waals surface area contributed by atoms with Gasteiger partial charge in [0.15, 0.2) is 0 Å². The summed E-state index contributed by atoms with van der Waals surface area (Å²) in [4.78, 5) is 32.0. The molecule has 0 saturated carbocycles. The summed E-state index contributed by atoms with van der Waals surface area (Å²) in [6.45, 7) is 3.86. The molecule has 0 spiro atoms. The number of nitrogens with one attached hydrogen (secondary N) is 1. The monoisotopic (exact) mass is 373 g/mol. The van der Waals surface area contributed by atoms with E-state index in [0.717, 1.165) is 32.6 Å². The first kappa shape index (κ1) is 17.8. The molecule has 0 unspecified atom stereocenters. The molecule has 1 N–H and O–H groups in total. The summed E-state index contributed by atoms with van der Waals surface area (Å²) in [7, 11) is 0. The SMILES string of the molecule is CSc1cccc(NC(=O)CN2C(=O)CSc3nc(C)cc(C)c32)c1. The van der Waals surface area contributed by atoms with Gasteiger partial charge in [-0.15, -0.1) is 11.8 Å². The number of amides is 2. The average molecular weight is 374 g/mol. The largest absolute Gasteiger partial charge is 0.324 e. The Kier molecular flexibility index (Phi) is 5.34. The normalized spacial score (nSPS) is 13.6. The highest BCUT2D eigenvalue weighted by Gasteiger charge is 2.29. The van der Waals surface area contributed by atoms with Crippen LogP contribution in [0.5, 0.6) is 0 Å². The standard InChI is InChI=1S/C18H19N3O2S2/c1-11-7-12(2)19-18-17(11)21(16(23)10-25-18)9-15(22)20-13-5-4-6-14(8-13)24-3/h4-8H,9-10H2,1-3H3,(H,20,22). The highest BCUT2D eigenvalue weighted by atomic mass is 32.2. The lowest BCUT2D eigenvalue weighted by molar-refractivity contribution is -0.120. The third kappa shape index (κ3) is 3.99. The number of carbonyl (C=O) groups excluding carboxylic acids is 2. The molecule has 1 aliphatic rings. The Morgan fingerprint density at radius 1 is 1.36 bits per heavy atom. The second-order valence-electron chi connectivity index (χ2n) is 5.78. The Balaban J connectivity index is 1.80. The van der Waals surface area contributed by atoms with Crippen molar-refractivity contribution in [3.8, 4) is 0 Å². The van der Waals surface area contributed by atoms with E-state index >= 15 is 0 Å². The van der Waals surface area contributed by atoms with Gasteiger partial charge in [0.05, 0.1) is 11.4 Å². The lowest BCUT2D eigenvalue weighted by Gasteiger charge is -2.29. The van der Waals surface area contributed by atoms with Crippen molar-refractivity contribution in [3.05, 3.63) is 41.6 Å². The summed E-state index contributed by atoms with van der Waals surface area (Å²) in [6.07, 6.45) is 1.99. The zero-order chi connectivity index (χ0) is 18.0. The first-order chi connectivity index (χ1) is 12.0. The molecule has 2 heterocycles. The van der Waals surface area contributed by atoms with Crippen LogP contribution in [-0.2, 0) is 9.59 Å². The molecule has 2 aromatic rings. The third-order valence-corrected chi connectivity index (χ3v) is 5.51. The Labute approximate surface area is 155 Å². The minimum absolute atomic E-state index is 0.0124. The molecule has 0 aliphatic carbocycles. The quantitative estimate of drug-likeness (QED) is 0.831. The van der Waals surface area contributed by atoms with Crippen molar-refractivity contribution in [3.63, 3.8) is 0 Å². The number of nitrogens with zero attached hydrogens (tertiary/aromatic N) is 2. The molecule has 0 radical (unpaired) electrons. The predicted octanol–water partition coefficient (Wildman–Crippen LogP) is 3.50. The Morgan fingerprint density at radius 2 is 2.16 bits per heavy atom. The summed E-state index contributed by atoms with van der Waals surface area (Å²) in [5.41, 5.74) is 3.35. The van der Waals surface area contributed by atoms with Gasteiger partial charge < -0.3 is 5.32 Å². The fourth-order valence-electron chi connectivity index (χ4n) is 2.77. The summed E-state index contributed by atoms with van der Waals surface area (Å²) < 4.78 is 0. The molecule has 3 rings (SSSR count). The lowest BCUT2D eigenvalue weighted by Crippen LogP contribution is -2.41. The van der Waals surface area contributed by atoms with E-state index in [4.69, 9.17) is 0 Å². The molecule has 5 nitrogen and oxygen atoms in total. The molecule has 1 aromatic carbocycles. The number of aromatic nitrogens is 1. The molecule has 0 atom stereocenters. The zero-order valence-electron chi connectivity index (χ0n) is 14.3. The molecule has 1 aliphatic heterocycles. The summed E-state index contributed by atoms with van der Waals surface area (Å²) >= 11 is 3.04. The maximum absolute atomic E-state index is 12.5. The molecule has 0 fully saturated rings. The number of rotatable bonds is 4. The van der Waals surface area contributed by atoms with Gasteiger partial charge >= 0.3 is 0 Å². The van der Waals surface area contributed by atoms with Crippen molar-refractivity contribution in [2.75, 3.05) is 28.8 Å². The predicted molar refractivity (Wildman–Crippen MR) is 104 cm³/mol. The fourth-order valence-corrected chi connectivity index (χ4v) is 4.26. The van der Waals surface area contributed by atoms with Crippen LogP contribution in [0.15, 0.2) is 40.3 Å². The topological polar surface area (TPSA) is 62.3 Å². The van der Waals surface area contributed by atoms with Crippen LogP contribution in [0, 0.1) is 13.8 Å². The van der Waals surface area contributed by atoms with Crippen LogP contribution in [0.1, 0.15) is 11.3 Å². The van der Waals surface area contributed by atoms with Crippen LogP contribution >= 0.6 is 23.5 Å². The zero-order valence-corrected chi connectivity index (χ0v) is 16.0. The van der Waals surface area contributed by atoms with E-state index in [2.05, 4.69) is 10.3 Å². The molecule has 7 heteroatoms. The highest BCUT2D eigenvalue weighted by Crippen LogP contribution is 2.36. The van der Waals surface area contributed by atoms with Crippen molar-refractivity contribution < 1.29 is 9.59 Å². The van der Waals surface area contributed by atoms with Crippen LogP contribution in [0.25, 0.3) is 0 Å². The van der Waals surface area contributed by atoms with Gasteiger partial charge in [0.1, 0.15) is 11.6 Å². The summed E-state index contributed by atoms with van der Waals surface area (Å²) in [5.74, 6) is 0.0155. The van der Waals surface area contributed by atoms with Crippen molar-refractivity contribution in [1.82, 2.24) is 4.98 Å². The third-order valence-electron chi connectivity index (χ3n) is 3.84. The maximum Gasteiger partial charge on any atom is 0.244 e. The number of fused-ring (bicyclic) bond motifs is 1. The second kappa shape index (κ2) is 7.49. The minimum Gasteiger partial charge on any atom is -0.324 e. The van der Waals surface area contributed by atoms with Gasteiger partial charge in [-0.3, -0.25) is 14.5 Å². The van der Waals surface area contributed by atoms with E-state index in [1.165, 1.54) is 11.8 Å². The first-order valence-corrected chi connectivity index (χ1v) is 10.0. The molecular weight excluding hydrogens is 354 g/mol. The average Bonchev–Trinajstić information content (AvgIpc) is 2.57. The van der Waals surface area contributed by atoms with Crippen LogP contribution in [0.4, 0.5) is 11.4 Å². The molecule has 2 amide bonds. The van der Waals surface area contributed by atoms with Crippen LogP contribution in [-0.4, -0.2) is 35.4 Å². The number of pyridine rings is 1. The fraction of sp³-hybridized carbons (Fsp3) is 0.278. The molecule has 1 aromatic heterocycles. The molecule has 130 valence electrons. The van der Waals surface area contributed by atoms with Gasteiger partial charge in [0.2, 0.25) is 11.8 Å². The van der Waals surface area contributed by atoms with E-state index in [1.807, 2.05) is 50.4 Å². The smallest absolute Gasteiger partial charge is 0.244 e. The molecule has 0 saturated heterocycles. The van der Waals surface area contributed by atoms with E-state index in [9.17, 15) is 9.59 Å². The minimum atomic E-state index is -0.218. The van der Waals surface area contributed by atoms with Gasteiger partial charge in [-0.1, -0.05) is 17.8 Å². The van der Waals surface area contributed by atoms with Crippen molar-refractivity contribution in [1.29, 1.82) is 0 Å². The van der Waals surface area contributed by atoms with Crippen molar-refractivity contribution >= 4 is 46.7 Å². The second-order valence-corrected chi connectivity index (χ2v) is 7.63. The van der Waals surface area contributed by atoms with E-state index in [0.29, 0.717) is 5.75 Å². The van der Waals surface area contributed by atoms with Gasteiger partial charge in [-0.25, -0.2) is 4.98 Å². The Bertz CT molecular complexity index is 839. The Morgan fingerprint density at radius 3 is 2.92 bits per heavy atom. The van der Waals surface area contributed by atoms with Crippen LogP contribution < -0.4 is 10.2 Å². The summed E-state index contributed by atoms with van der Waals surface area (Å²) in [5, 5.41) is 3.69. The van der Waals surface area contributed by atoms with Crippen LogP contribution in [0.2, 0.25) is 0 Å². The number of anilines is 2. The van der Waals surface area contributed by atoms with Gasteiger partial charge in [0, 0.05) is 16.3 Å². The molecule has 25 heavy (non-hydrogen) atoms. The summed E-state index contributed by atoms with van der Waals surface area (Å²) in [6, 6.07) is 9.58. The number of carbonyl (C=O) groups is 2. The highest BCUT2D eigenvalue weighted by molar-refractivity contribution is 8.00. The van der Waals surface area contributed by atoms with Crippen molar-refractivity contribution in [2.24, 2.45) is 0 Å². The van der Waals surface area contributed by atoms with E-state index in [1.54, 1.807) is 16.7 Å². The number of hydrogen-bond donors (Lipinski definition) is 1. The first-order valence-electron chi connectivity index (χ1n) is 7.83. The molecule has 0 bridgehead atoms. The van der Waals surface area contributed by atoms with E-state index < -0.39 is 0 Å². The van der Waals surface area contributed by atoms with Gasteiger partial charge in [-0.05, 0) is 49.9 Å². The maximum atomic E-state index is 12.5. The number of thioether (sulfide) groups is 2. The number of hydrogen-bond acceptors (Lipinski definition) is 5. The van der Waals surface area contributed by atoms with Gasteiger partial charge in [-0.2, -0.15) is 0 Å². The number of benzene rings is 1.